The van der Waals surface area contributed by atoms with Gasteiger partial charge in [-0.25, -0.2) is 0 Å². The predicted octanol–water partition coefficient (Wildman–Crippen LogP) is 2.34. The summed E-state index contributed by atoms with van der Waals surface area (Å²) in [4.78, 5) is 27.1. The smallest absolute Gasteiger partial charge is 0.364 e. The number of carbonyl (C=O) groups excluding carboxylic acids is 1. The number of rotatable bonds is 4. The Morgan fingerprint density at radius 1 is 1.40 bits per heavy atom. The number of H-pyrrole nitrogens is 1. The molecule has 0 aromatic carbocycles. The van der Waals surface area contributed by atoms with Crippen molar-refractivity contribution in [2.75, 3.05) is 13.1 Å². The van der Waals surface area contributed by atoms with E-state index in [0.717, 1.165) is 6.20 Å². The van der Waals surface area contributed by atoms with Gasteiger partial charge < -0.3 is 9.88 Å². The Morgan fingerprint density at radius 3 is 2.45 bits per heavy atom. The first kappa shape index (κ1) is 16.3. The first-order valence-corrected chi connectivity index (χ1v) is 6.15. The zero-order chi connectivity index (χ0) is 15.5. The van der Waals surface area contributed by atoms with Crippen molar-refractivity contribution in [1.29, 1.82) is 0 Å². The Bertz CT molecular complexity index is 535. The molecule has 0 radical (unpaired) electrons. The van der Waals surface area contributed by atoms with Crippen molar-refractivity contribution >= 4 is 5.91 Å². The summed E-state index contributed by atoms with van der Waals surface area (Å²) in [6.45, 7) is 3.60. The number of aromatic amines is 1. The third kappa shape index (κ3) is 4.71. The van der Waals surface area contributed by atoms with Gasteiger partial charge in [-0.1, -0.05) is 13.8 Å². The molecule has 1 aromatic rings. The van der Waals surface area contributed by atoms with Crippen LogP contribution in [0, 0.1) is 12.8 Å². The van der Waals surface area contributed by atoms with Crippen LogP contribution in [-0.2, 0) is 0 Å². The number of aromatic nitrogens is 1. The molecular formula is C13H17F3N2O2. The third-order valence-corrected chi connectivity index (χ3v) is 2.53. The number of hydrogen-bond acceptors (Lipinski definition) is 2. The highest BCUT2D eigenvalue weighted by Crippen LogP contribution is 2.18. The maximum atomic E-state index is 12.5. The molecule has 1 aromatic heterocycles. The fourth-order valence-corrected chi connectivity index (χ4v) is 1.79. The fraction of sp³-hybridized carbons (Fsp3) is 0.538. The highest BCUT2D eigenvalue weighted by molar-refractivity contribution is 5.93. The molecule has 4 nitrogen and oxygen atoms in total. The van der Waals surface area contributed by atoms with Gasteiger partial charge in [0.25, 0.3) is 5.91 Å². The van der Waals surface area contributed by atoms with Gasteiger partial charge in [-0.05, 0) is 12.8 Å². The van der Waals surface area contributed by atoms with Crippen LogP contribution in [0.3, 0.4) is 0 Å². The number of nitrogens with zero attached hydrogens (tertiary/aromatic N) is 1. The highest BCUT2D eigenvalue weighted by atomic mass is 19.4. The molecule has 0 spiro atoms. The molecule has 0 aliphatic rings. The zero-order valence-electron chi connectivity index (χ0n) is 11.5. The second-order valence-corrected chi connectivity index (χ2v) is 5.09. The number of pyridine rings is 1. The summed E-state index contributed by atoms with van der Waals surface area (Å²) in [5, 5.41) is 0. The summed E-state index contributed by atoms with van der Waals surface area (Å²) < 4.78 is 37.6. The Hall–Kier alpha value is -1.79. The molecule has 0 saturated heterocycles. The molecule has 1 amide bonds. The van der Waals surface area contributed by atoms with E-state index in [4.69, 9.17) is 0 Å². The number of hydrogen-bond donors (Lipinski definition) is 1. The lowest BCUT2D eigenvalue weighted by molar-refractivity contribution is -0.141. The number of carbonyl (C=O) groups is 1. The van der Waals surface area contributed by atoms with Crippen LogP contribution < -0.4 is 5.43 Å². The Morgan fingerprint density at radius 2 is 2.00 bits per heavy atom. The predicted molar refractivity (Wildman–Crippen MR) is 68.6 cm³/mol. The number of halogens is 3. The van der Waals surface area contributed by atoms with Gasteiger partial charge in [-0.15, -0.1) is 0 Å². The van der Waals surface area contributed by atoms with Crippen LogP contribution >= 0.6 is 0 Å². The van der Waals surface area contributed by atoms with E-state index < -0.39 is 24.1 Å². The van der Waals surface area contributed by atoms with Gasteiger partial charge in [-0.3, -0.25) is 9.59 Å². The van der Waals surface area contributed by atoms with E-state index >= 15 is 0 Å². The van der Waals surface area contributed by atoms with Gasteiger partial charge in [0, 0.05) is 24.5 Å². The summed E-state index contributed by atoms with van der Waals surface area (Å²) >= 11 is 0. The second-order valence-electron chi connectivity index (χ2n) is 5.09. The highest BCUT2D eigenvalue weighted by Gasteiger charge is 2.34. The minimum Gasteiger partial charge on any atom is -0.364 e. The minimum atomic E-state index is -4.50. The van der Waals surface area contributed by atoms with E-state index in [0.29, 0.717) is 10.6 Å². The molecule has 0 saturated carbocycles. The van der Waals surface area contributed by atoms with Crippen molar-refractivity contribution in [2.45, 2.75) is 26.9 Å². The average Bonchev–Trinajstić information content (AvgIpc) is 2.24. The van der Waals surface area contributed by atoms with E-state index in [2.05, 4.69) is 4.98 Å². The van der Waals surface area contributed by atoms with Crippen LogP contribution in [0.15, 0.2) is 17.1 Å². The molecule has 0 bridgehead atoms. The van der Waals surface area contributed by atoms with Crippen LogP contribution in [0.4, 0.5) is 13.2 Å². The van der Waals surface area contributed by atoms with Gasteiger partial charge in [-0.2, -0.15) is 13.2 Å². The van der Waals surface area contributed by atoms with Crippen LogP contribution in [0.2, 0.25) is 0 Å². The summed E-state index contributed by atoms with van der Waals surface area (Å²) in [5.74, 6) is -1.04. The van der Waals surface area contributed by atoms with Crippen molar-refractivity contribution < 1.29 is 18.0 Å². The number of aryl methyl sites for hydroxylation is 1. The molecular weight excluding hydrogens is 273 g/mol. The largest absolute Gasteiger partial charge is 0.406 e. The first-order chi connectivity index (χ1) is 9.10. The molecule has 0 unspecified atom stereocenters. The lowest BCUT2D eigenvalue weighted by atomic mass is 10.1. The van der Waals surface area contributed by atoms with Crippen molar-refractivity contribution in [3.05, 3.63) is 33.7 Å². The van der Waals surface area contributed by atoms with Gasteiger partial charge in [0.05, 0.1) is 0 Å². The van der Waals surface area contributed by atoms with E-state index in [9.17, 15) is 22.8 Å². The Kier molecular flexibility index (Phi) is 4.97. The molecule has 7 heteroatoms. The normalized spacial score (nSPS) is 11.8. The summed E-state index contributed by atoms with van der Waals surface area (Å²) in [5.41, 5.74) is -0.319. The Balaban J connectivity index is 3.06. The first-order valence-electron chi connectivity index (χ1n) is 6.15. The molecule has 0 aliphatic heterocycles. The van der Waals surface area contributed by atoms with Gasteiger partial charge in [0.2, 0.25) is 0 Å². The lowest BCUT2D eigenvalue weighted by Crippen LogP contribution is -2.42. The van der Waals surface area contributed by atoms with Crippen LogP contribution in [0.25, 0.3) is 0 Å². The standard InChI is InChI=1S/C13H17F3N2O2/c1-8(2)6-18(7-13(14,15)16)12(20)10-5-17-9(3)4-11(10)19/h4-5,8H,6-7H2,1-3H3,(H,17,19). The number of alkyl halides is 3. The molecule has 0 aliphatic carbocycles. The van der Waals surface area contributed by atoms with E-state index in [-0.39, 0.29) is 18.0 Å². The maximum Gasteiger partial charge on any atom is 0.406 e. The van der Waals surface area contributed by atoms with Crippen LogP contribution in [0.1, 0.15) is 29.9 Å². The van der Waals surface area contributed by atoms with E-state index in [1.807, 2.05) is 0 Å². The van der Waals surface area contributed by atoms with Gasteiger partial charge in [0.1, 0.15) is 12.1 Å². The van der Waals surface area contributed by atoms with Gasteiger partial charge >= 0.3 is 6.18 Å². The number of amides is 1. The minimum absolute atomic E-state index is 0.0638. The molecule has 1 rings (SSSR count). The van der Waals surface area contributed by atoms with E-state index in [1.165, 1.54) is 6.07 Å². The second kappa shape index (κ2) is 6.11. The van der Waals surface area contributed by atoms with Crippen molar-refractivity contribution in [1.82, 2.24) is 9.88 Å². The molecule has 1 heterocycles. The summed E-state index contributed by atoms with van der Waals surface area (Å²) in [6, 6.07) is 1.19. The summed E-state index contributed by atoms with van der Waals surface area (Å²) in [7, 11) is 0. The maximum absolute atomic E-state index is 12.5. The number of nitrogens with one attached hydrogen (secondary N) is 1. The van der Waals surface area contributed by atoms with Gasteiger partial charge in [0.15, 0.2) is 5.43 Å². The zero-order valence-corrected chi connectivity index (χ0v) is 11.5. The molecule has 112 valence electrons. The fourth-order valence-electron chi connectivity index (χ4n) is 1.79. The van der Waals surface area contributed by atoms with Crippen molar-refractivity contribution in [2.24, 2.45) is 5.92 Å². The molecule has 1 N–H and O–H groups in total. The molecule has 20 heavy (non-hydrogen) atoms. The van der Waals surface area contributed by atoms with Crippen molar-refractivity contribution in [3.63, 3.8) is 0 Å². The van der Waals surface area contributed by atoms with Crippen LogP contribution in [0.5, 0.6) is 0 Å². The third-order valence-electron chi connectivity index (χ3n) is 2.53. The SMILES string of the molecule is Cc1cc(=O)c(C(=O)N(CC(C)C)CC(F)(F)F)c[nH]1. The average molecular weight is 290 g/mol. The monoisotopic (exact) mass is 290 g/mol. The topological polar surface area (TPSA) is 53.2 Å². The quantitative estimate of drug-likeness (QED) is 0.925. The summed E-state index contributed by atoms with van der Waals surface area (Å²) in [6.07, 6.45) is -3.34. The lowest BCUT2D eigenvalue weighted by Gasteiger charge is -2.25. The van der Waals surface area contributed by atoms with Crippen LogP contribution in [-0.4, -0.2) is 35.1 Å². The van der Waals surface area contributed by atoms with Crippen molar-refractivity contribution in [3.8, 4) is 0 Å². The molecule has 0 fully saturated rings. The van der Waals surface area contributed by atoms with E-state index in [1.54, 1.807) is 20.8 Å². The Labute approximate surface area is 114 Å². The molecule has 0 atom stereocenters.